The Morgan fingerprint density at radius 3 is 2.21 bits per heavy atom. The second-order valence-electron chi connectivity index (χ2n) is 5.62. The van der Waals surface area contributed by atoms with E-state index in [-0.39, 0.29) is 23.9 Å². The van der Waals surface area contributed by atoms with Crippen LogP contribution in [0.4, 0.5) is 0 Å². The van der Waals surface area contributed by atoms with Crippen molar-refractivity contribution < 1.29 is 9.53 Å². The lowest BCUT2D eigenvalue weighted by molar-refractivity contribution is -0.164. The molecule has 0 radical (unpaired) electrons. The Morgan fingerprint density at radius 1 is 1.05 bits per heavy atom. The van der Waals surface area contributed by atoms with Crippen LogP contribution in [0.25, 0.3) is 0 Å². The first kappa shape index (κ1) is 11.3. The van der Waals surface area contributed by atoms with Gasteiger partial charge in [0.1, 0.15) is 6.10 Å². The topological polar surface area (TPSA) is 56.8 Å². The molecule has 0 saturated carbocycles. The number of hydrazine groups is 2. The third-order valence-corrected chi connectivity index (χ3v) is 4.42. The van der Waals surface area contributed by atoms with Gasteiger partial charge < -0.3 is 14.8 Å². The molecule has 0 aliphatic carbocycles. The van der Waals surface area contributed by atoms with Crippen molar-refractivity contribution in [1.29, 1.82) is 0 Å². The molecule has 0 aromatic carbocycles. The Kier molecular flexibility index (Phi) is 2.53. The van der Waals surface area contributed by atoms with Gasteiger partial charge in [0.2, 0.25) is 0 Å². The minimum absolute atomic E-state index is 0.00820. The summed E-state index contributed by atoms with van der Waals surface area (Å²) in [6.45, 7) is 3.16. The van der Waals surface area contributed by atoms with Crippen LogP contribution < -0.4 is 10.9 Å². The van der Waals surface area contributed by atoms with Gasteiger partial charge in [-0.25, -0.2) is 10.9 Å². The van der Waals surface area contributed by atoms with Crippen LogP contribution in [0.3, 0.4) is 0 Å². The molecule has 0 aromatic rings. The molecular formula is C13H18N4O2. The van der Waals surface area contributed by atoms with Gasteiger partial charge in [0.15, 0.2) is 0 Å². The molecule has 6 aliphatic rings. The van der Waals surface area contributed by atoms with E-state index >= 15 is 0 Å². The maximum Gasteiger partial charge on any atom is 0.311 e. The predicted octanol–water partition coefficient (Wildman–Crippen LogP) is -0.558. The highest BCUT2D eigenvalue weighted by molar-refractivity contribution is 5.74. The Labute approximate surface area is 112 Å². The molecule has 4 atom stereocenters. The summed E-state index contributed by atoms with van der Waals surface area (Å²) < 4.78 is 5.76. The average Bonchev–Trinajstić information content (AvgIpc) is 2.49. The zero-order valence-electron chi connectivity index (χ0n) is 10.7. The number of nitrogens with zero attached hydrogens (tertiary/aromatic N) is 2. The molecule has 6 heteroatoms. The minimum atomic E-state index is -0.0481. The van der Waals surface area contributed by atoms with E-state index in [1.165, 1.54) is 0 Å². The molecule has 0 spiro atoms. The maximum atomic E-state index is 12.4. The minimum Gasteiger partial charge on any atom is -0.459 e. The zero-order chi connectivity index (χ0) is 12.8. The van der Waals surface area contributed by atoms with Gasteiger partial charge >= 0.3 is 5.97 Å². The van der Waals surface area contributed by atoms with Gasteiger partial charge in [-0.05, 0) is 0 Å². The molecule has 19 heavy (non-hydrogen) atoms. The van der Waals surface area contributed by atoms with E-state index in [1.807, 2.05) is 22.4 Å². The van der Waals surface area contributed by atoms with E-state index in [0.29, 0.717) is 5.92 Å². The van der Waals surface area contributed by atoms with E-state index in [4.69, 9.17) is 4.74 Å². The summed E-state index contributed by atoms with van der Waals surface area (Å²) in [4.78, 5) is 12.4. The molecule has 6 rings (SSSR count). The lowest BCUT2D eigenvalue weighted by Crippen LogP contribution is -2.58. The van der Waals surface area contributed by atoms with E-state index < -0.39 is 0 Å². The van der Waals surface area contributed by atoms with Crippen molar-refractivity contribution in [1.82, 2.24) is 20.9 Å². The number of hydrogen-bond acceptors (Lipinski definition) is 6. The van der Waals surface area contributed by atoms with Crippen molar-refractivity contribution >= 4 is 5.97 Å². The second-order valence-corrected chi connectivity index (χ2v) is 5.62. The molecule has 6 nitrogen and oxygen atoms in total. The third kappa shape index (κ3) is 1.91. The first-order valence-corrected chi connectivity index (χ1v) is 6.87. The fourth-order valence-corrected chi connectivity index (χ4v) is 3.19. The SMILES string of the molecule is O=C(OC1CN2C=CC1CN2)C1CN2C=CC1CN2. The van der Waals surface area contributed by atoms with E-state index in [2.05, 4.69) is 23.0 Å². The van der Waals surface area contributed by atoms with Crippen LogP contribution in [0.5, 0.6) is 0 Å². The quantitative estimate of drug-likeness (QED) is 0.651. The third-order valence-electron chi connectivity index (χ3n) is 4.42. The number of esters is 1. The number of fused-ring (bicyclic) bond motifs is 4. The zero-order valence-corrected chi connectivity index (χ0v) is 10.7. The van der Waals surface area contributed by atoms with Gasteiger partial charge in [0.25, 0.3) is 0 Å². The average molecular weight is 262 g/mol. The predicted molar refractivity (Wildman–Crippen MR) is 68.0 cm³/mol. The van der Waals surface area contributed by atoms with Crippen LogP contribution in [-0.2, 0) is 9.53 Å². The van der Waals surface area contributed by atoms with Gasteiger partial charge in [0.05, 0.1) is 12.5 Å². The van der Waals surface area contributed by atoms with Crippen molar-refractivity contribution in [3.8, 4) is 0 Å². The molecule has 6 heterocycles. The van der Waals surface area contributed by atoms with Crippen molar-refractivity contribution in [3.05, 3.63) is 24.6 Å². The van der Waals surface area contributed by atoms with Gasteiger partial charge in [-0.3, -0.25) is 4.79 Å². The molecule has 0 amide bonds. The van der Waals surface area contributed by atoms with Crippen molar-refractivity contribution in [2.24, 2.45) is 17.8 Å². The van der Waals surface area contributed by atoms with Crippen molar-refractivity contribution in [3.63, 3.8) is 0 Å². The lowest BCUT2D eigenvalue weighted by Gasteiger charge is -2.43. The largest absolute Gasteiger partial charge is 0.459 e. The molecule has 6 aliphatic heterocycles. The molecule has 2 N–H and O–H groups in total. The Morgan fingerprint density at radius 2 is 1.74 bits per heavy atom. The normalized spacial score (nSPS) is 38.9. The summed E-state index contributed by atoms with van der Waals surface area (Å²) in [5.74, 6) is 0.502. The van der Waals surface area contributed by atoms with Crippen LogP contribution >= 0.6 is 0 Å². The molecule has 102 valence electrons. The summed E-state index contributed by atoms with van der Waals surface area (Å²) in [6, 6.07) is 0. The summed E-state index contributed by atoms with van der Waals surface area (Å²) in [5.41, 5.74) is 6.50. The number of hydrogen-bond donors (Lipinski definition) is 2. The lowest BCUT2D eigenvalue weighted by atomic mass is 9.87. The monoisotopic (exact) mass is 262 g/mol. The van der Waals surface area contributed by atoms with Gasteiger partial charge in [-0.2, -0.15) is 0 Å². The number of carbonyl (C=O) groups is 1. The summed E-state index contributed by atoms with van der Waals surface area (Å²) in [5, 5.41) is 3.97. The van der Waals surface area contributed by atoms with Crippen LogP contribution in [0.1, 0.15) is 0 Å². The van der Waals surface area contributed by atoms with Crippen LogP contribution in [0, 0.1) is 17.8 Å². The first-order valence-electron chi connectivity index (χ1n) is 6.87. The van der Waals surface area contributed by atoms with E-state index in [0.717, 1.165) is 26.2 Å². The number of rotatable bonds is 2. The summed E-state index contributed by atoms with van der Waals surface area (Å²) in [7, 11) is 0. The van der Waals surface area contributed by atoms with E-state index in [1.54, 1.807) is 0 Å². The Balaban J connectivity index is 1.42. The number of ether oxygens (including phenoxy) is 1. The summed E-state index contributed by atoms with van der Waals surface area (Å²) in [6.07, 6.45) is 8.25. The Hall–Kier alpha value is -1.53. The first-order chi connectivity index (χ1) is 9.29. The Bertz CT molecular complexity index is 450. The maximum absolute atomic E-state index is 12.4. The van der Waals surface area contributed by atoms with Crippen molar-refractivity contribution in [2.75, 3.05) is 26.2 Å². The molecular weight excluding hydrogens is 244 g/mol. The fourth-order valence-electron chi connectivity index (χ4n) is 3.19. The number of nitrogens with one attached hydrogen (secondary N) is 2. The molecule has 2 saturated heterocycles. The number of carbonyl (C=O) groups excluding carboxylic acids is 1. The molecule has 0 aromatic heterocycles. The van der Waals surface area contributed by atoms with Gasteiger partial charge in [-0.1, -0.05) is 12.2 Å². The molecule has 4 unspecified atom stereocenters. The van der Waals surface area contributed by atoms with Crippen molar-refractivity contribution in [2.45, 2.75) is 6.10 Å². The smallest absolute Gasteiger partial charge is 0.311 e. The van der Waals surface area contributed by atoms with Crippen LogP contribution in [-0.4, -0.2) is 48.3 Å². The second kappa shape index (κ2) is 4.25. The van der Waals surface area contributed by atoms with Gasteiger partial charge in [0, 0.05) is 43.9 Å². The van der Waals surface area contributed by atoms with E-state index in [9.17, 15) is 4.79 Å². The summed E-state index contributed by atoms with van der Waals surface area (Å²) >= 11 is 0. The van der Waals surface area contributed by atoms with Crippen LogP contribution in [0.15, 0.2) is 24.6 Å². The molecule has 4 bridgehead atoms. The molecule has 2 fully saturated rings. The highest BCUT2D eigenvalue weighted by atomic mass is 16.5. The van der Waals surface area contributed by atoms with Gasteiger partial charge in [-0.15, -0.1) is 0 Å². The highest BCUT2D eigenvalue weighted by Gasteiger charge is 2.39. The highest BCUT2D eigenvalue weighted by Crippen LogP contribution is 2.28. The standard InChI is InChI=1S/C13H18N4O2/c18-13(11-7-16-3-1-9(11)5-14-16)19-12-8-17-4-2-10(12)6-15-17/h1-4,9-12,14-15H,5-8H2. The fraction of sp³-hybridized carbons (Fsp3) is 0.615. The van der Waals surface area contributed by atoms with Crippen LogP contribution in [0.2, 0.25) is 0 Å².